The van der Waals surface area contributed by atoms with Crippen LogP contribution in [0.5, 0.6) is 0 Å². The Morgan fingerprint density at radius 1 is 1.53 bits per heavy atom. The molecule has 0 unspecified atom stereocenters. The zero-order valence-corrected chi connectivity index (χ0v) is 11.3. The van der Waals surface area contributed by atoms with E-state index in [2.05, 4.69) is 14.9 Å². The van der Waals surface area contributed by atoms with E-state index in [0.29, 0.717) is 10.3 Å². The van der Waals surface area contributed by atoms with Gasteiger partial charge in [-0.25, -0.2) is 9.97 Å². The van der Waals surface area contributed by atoms with E-state index in [4.69, 9.17) is 11.6 Å². The van der Waals surface area contributed by atoms with Crippen LogP contribution in [0, 0.1) is 0 Å². The summed E-state index contributed by atoms with van der Waals surface area (Å²) >= 11 is 7.46. The molecule has 0 bridgehead atoms. The number of nitrogens with zero attached hydrogens (tertiary/aromatic N) is 3. The van der Waals surface area contributed by atoms with Gasteiger partial charge in [-0.15, -0.1) is 0 Å². The van der Waals surface area contributed by atoms with E-state index in [1.165, 1.54) is 11.8 Å². The molecule has 0 amide bonds. The number of thioether (sulfide) groups is 1. The highest BCUT2D eigenvalue weighted by molar-refractivity contribution is 7.98. The number of aliphatic hydroxyl groups excluding tert-OH is 1. The lowest BCUT2D eigenvalue weighted by atomic mass is 10.0. The average molecular weight is 274 g/mol. The normalized spacial score (nSPS) is 20.6. The Morgan fingerprint density at radius 2 is 2.35 bits per heavy atom. The maximum atomic E-state index is 9.40. The van der Waals surface area contributed by atoms with E-state index < -0.39 is 0 Å². The van der Waals surface area contributed by atoms with Crippen LogP contribution in [0.25, 0.3) is 0 Å². The minimum absolute atomic E-state index is 0.157. The van der Waals surface area contributed by atoms with Crippen LogP contribution in [0.4, 0.5) is 5.82 Å². The smallest absolute Gasteiger partial charge is 0.190 e. The van der Waals surface area contributed by atoms with Gasteiger partial charge in [0.25, 0.3) is 0 Å². The zero-order valence-electron chi connectivity index (χ0n) is 9.77. The Balaban J connectivity index is 2.27. The number of piperidine rings is 1. The standard InChI is InChI=1S/C11H16ClN3OS/c1-17-11-13-9(12)6-10(14-11)15-5-3-2-4-8(15)7-16/h6,8,16H,2-5,7H2,1H3/t8-/m0/s1. The van der Waals surface area contributed by atoms with Crippen LogP contribution in [0.3, 0.4) is 0 Å². The van der Waals surface area contributed by atoms with E-state index in [1.807, 2.05) is 6.26 Å². The van der Waals surface area contributed by atoms with Crippen LogP contribution >= 0.6 is 23.4 Å². The molecule has 0 aliphatic carbocycles. The molecule has 1 aliphatic heterocycles. The predicted molar refractivity (Wildman–Crippen MR) is 70.9 cm³/mol. The first-order chi connectivity index (χ1) is 8.24. The van der Waals surface area contributed by atoms with Gasteiger partial charge in [-0.2, -0.15) is 0 Å². The third kappa shape index (κ3) is 3.03. The van der Waals surface area contributed by atoms with Gasteiger partial charge >= 0.3 is 0 Å². The van der Waals surface area contributed by atoms with E-state index in [0.717, 1.165) is 31.6 Å². The van der Waals surface area contributed by atoms with Gasteiger partial charge in [0.2, 0.25) is 0 Å². The number of anilines is 1. The lowest BCUT2D eigenvalue weighted by Gasteiger charge is -2.35. The lowest BCUT2D eigenvalue weighted by molar-refractivity contribution is 0.239. The molecule has 1 saturated heterocycles. The average Bonchev–Trinajstić information content (AvgIpc) is 2.37. The number of halogens is 1. The molecule has 2 rings (SSSR count). The van der Waals surface area contributed by atoms with Crippen molar-refractivity contribution in [2.75, 3.05) is 24.3 Å². The first-order valence-corrected chi connectivity index (χ1v) is 7.31. The van der Waals surface area contributed by atoms with E-state index in [1.54, 1.807) is 6.07 Å². The van der Waals surface area contributed by atoms with Crippen LogP contribution in [0.15, 0.2) is 11.2 Å². The van der Waals surface area contributed by atoms with Gasteiger partial charge < -0.3 is 10.0 Å². The van der Waals surface area contributed by atoms with Gasteiger partial charge in [0.1, 0.15) is 11.0 Å². The van der Waals surface area contributed by atoms with E-state index in [9.17, 15) is 5.11 Å². The molecule has 2 heterocycles. The van der Waals surface area contributed by atoms with Crippen LogP contribution in [0.1, 0.15) is 19.3 Å². The van der Waals surface area contributed by atoms with Crippen molar-refractivity contribution in [2.24, 2.45) is 0 Å². The van der Waals surface area contributed by atoms with Crippen molar-refractivity contribution in [1.29, 1.82) is 0 Å². The van der Waals surface area contributed by atoms with Gasteiger partial charge in [-0.3, -0.25) is 0 Å². The molecular weight excluding hydrogens is 258 g/mol. The summed E-state index contributed by atoms with van der Waals surface area (Å²) in [7, 11) is 0. The van der Waals surface area contributed by atoms with Crippen molar-refractivity contribution in [2.45, 2.75) is 30.5 Å². The second-order valence-corrected chi connectivity index (χ2v) is 5.22. The Morgan fingerprint density at radius 3 is 3.06 bits per heavy atom. The Kier molecular flexibility index (Phi) is 4.48. The lowest BCUT2D eigenvalue weighted by Crippen LogP contribution is -2.42. The summed E-state index contributed by atoms with van der Waals surface area (Å²) in [5.74, 6) is 0.827. The second kappa shape index (κ2) is 5.89. The summed E-state index contributed by atoms with van der Waals surface area (Å²) in [6.45, 7) is 1.09. The molecular formula is C11H16ClN3OS. The van der Waals surface area contributed by atoms with Gasteiger partial charge in [0.05, 0.1) is 12.6 Å². The molecule has 0 radical (unpaired) electrons. The summed E-state index contributed by atoms with van der Waals surface area (Å²) in [5.41, 5.74) is 0. The van der Waals surface area contributed by atoms with Gasteiger partial charge in [0.15, 0.2) is 5.16 Å². The first-order valence-electron chi connectivity index (χ1n) is 5.70. The molecule has 0 aromatic carbocycles. The topological polar surface area (TPSA) is 49.2 Å². The molecule has 1 fully saturated rings. The van der Waals surface area contributed by atoms with E-state index in [-0.39, 0.29) is 12.6 Å². The SMILES string of the molecule is CSc1nc(Cl)cc(N2CCCC[C@H]2CO)n1. The van der Waals surface area contributed by atoms with Crippen LogP contribution in [-0.2, 0) is 0 Å². The number of hydrogen-bond acceptors (Lipinski definition) is 5. The van der Waals surface area contributed by atoms with E-state index >= 15 is 0 Å². The molecule has 1 atom stereocenters. The highest BCUT2D eigenvalue weighted by Crippen LogP contribution is 2.26. The van der Waals surface area contributed by atoms with Crippen molar-refractivity contribution in [3.05, 3.63) is 11.2 Å². The molecule has 17 heavy (non-hydrogen) atoms. The Hall–Kier alpha value is -0.520. The van der Waals surface area contributed by atoms with Gasteiger partial charge in [-0.05, 0) is 25.5 Å². The van der Waals surface area contributed by atoms with Crippen molar-refractivity contribution < 1.29 is 5.11 Å². The molecule has 1 N–H and O–H groups in total. The minimum atomic E-state index is 0.157. The largest absolute Gasteiger partial charge is 0.394 e. The molecule has 6 heteroatoms. The molecule has 0 saturated carbocycles. The maximum Gasteiger partial charge on any atom is 0.190 e. The number of aromatic nitrogens is 2. The molecule has 0 spiro atoms. The summed E-state index contributed by atoms with van der Waals surface area (Å²) < 4.78 is 0. The monoisotopic (exact) mass is 273 g/mol. The number of hydrogen-bond donors (Lipinski definition) is 1. The molecule has 1 aromatic heterocycles. The van der Waals surface area contributed by atoms with Crippen molar-refractivity contribution in [1.82, 2.24) is 9.97 Å². The van der Waals surface area contributed by atoms with Gasteiger partial charge in [0, 0.05) is 12.6 Å². The van der Waals surface area contributed by atoms with Gasteiger partial charge in [-0.1, -0.05) is 23.4 Å². The summed E-state index contributed by atoms with van der Waals surface area (Å²) in [4.78, 5) is 10.7. The quantitative estimate of drug-likeness (QED) is 0.520. The Bertz CT molecular complexity index is 391. The minimum Gasteiger partial charge on any atom is -0.394 e. The third-order valence-electron chi connectivity index (χ3n) is 2.98. The van der Waals surface area contributed by atoms with Crippen LogP contribution in [-0.4, -0.2) is 40.5 Å². The zero-order chi connectivity index (χ0) is 12.3. The van der Waals surface area contributed by atoms with Crippen LogP contribution < -0.4 is 4.90 Å². The second-order valence-electron chi connectivity index (χ2n) is 4.06. The number of aliphatic hydroxyl groups is 1. The predicted octanol–water partition coefficient (Wildman–Crippen LogP) is 2.20. The van der Waals surface area contributed by atoms with Crippen molar-refractivity contribution in [3.8, 4) is 0 Å². The van der Waals surface area contributed by atoms with Crippen molar-refractivity contribution >= 4 is 29.2 Å². The molecule has 4 nitrogen and oxygen atoms in total. The fraction of sp³-hybridized carbons (Fsp3) is 0.636. The number of rotatable bonds is 3. The molecule has 1 aromatic rings. The summed E-state index contributed by atoms with van der Waals surface area (Å²) in [6, 6.07) is 1.93. The highest BCUT2D eigenvalue weighted by Gasteiger charge is 2.23. The maximum absolute atomic E-state index is 9.40. The van der Waals surface area contributed by atoms with Crippen molar-refractivity contribution in [3.63, 3.8) is 0 Å². The fourth-order valence-corrected chi connectivity index (χ4v) is 2.72. The first kappa shape index (κ1) is 12.9. The third-order valence-corrected chi connectivity index (χ3v) is 3.72. The molecule has 94 valence electrons. The fourth-order valence-electron chi connectivity index (χ4n) is 2.12. The summed E-state index contributed by atoms with van der Waals surface area (Å²) in [5, 5.41) is 10.5. The molecule has 1 aliphatic rings. The Labute approximate surface area is 110 Å². The highest BCUT2D eigenvalue weighted by atomic mass is 35.5. The van der Waals surface area contributed by atoms with Crippen LogP contribution in [0.2, 0.25) is 5.15 Å². The summed E-state index contributed by atoms with van der Waals surface area (Å²) in [6.07, 6.45) is 5.23.